The summed E-state index contributed by atoms with van der Waals surface area (Å²) < 4.78 is 4.08. The molecule has 0 unspecified atom stereocenters. The van der Waals surface area contributed by atoms with Crippen molar-refractivity contribution < 1.29 is 0 Å². The lowest BCUT2D eigenvalue weighted by molar-refractivity contribution is 0.147. The van der Waals surface area contributed by atoms with Crippen LogP contribution in [0.15, 0.2) is 0 Å². The Bertz CT molecular complexity index is 671. The molecule has 0 aromatic carbocycles. The number of likely N-dealkylation sites (tertiary alicyclic amines) is 1. The van der Waals surface area contributed by atoms with Crippen LogP contribution in [0.5, 0.6) is 0 Å². The fraction of sp³-hybridized carbons (Fsp3) is 0.800. The molecule has 0 bridgehead atoms. The fourth-order valence-corrected chi connectivity index (χ4v) is 3.54. The molecule has 2 fully saturated rings. The first-order chi connectivity index (χ1) is 11.2. The van der Waals surface area contributed by atoms with E-state index in [0.29, 0.717) is 12.0 Å². The number of tetrazole rings is 1. The molecule has 2 aromatic rings. The molecule has 8 nitrogen and oxygen atoms in total. The zero-order valence-electron chi connectivity index (χ0n) is 13.9. The van der Waals surface area contributed by atoms with Crippen LogP contribution in [0, 0.1) is 19.8 Å². The van der Waals surface area contributed by atoms with Crippen molar-refractivity contribution in [1.82, 2.24) is 39.9 Å². The van der Waals surface area contributed by atoms with Gasteiger partial charge in [-0.05, 0) is 62.4 Å². The van der Waals surface area contributed by atoms with Gasteiger partial charge in [-0.2, -0.15) is 5.10 Å². The smallest absolute Gasteiger partial charge is 0.165 e. The van der Waals surface area contributed by atoms with Crippen LogP contribution < -0.4 is 0 Å². The molecule has 8 heteroatoms. The van der Waals surface area contributed by atoms with Gasteiger partial charge < -0.3 is 0 Å². The number of aromatic nitrogens is 7. The second-order valence-electron chi connectivity index (χ2n) is 6.90. The van der Waals surface area contributed by atoms with Gasteiger partial charge in [-0.3, -0.25) is 4.90 Å². The maximum atomic E-state index is 4.50. The van der Waals surface area contributed by atoms with Crippen molar-refractivity contribution >= 4 is 0 Å². The first-order valence-electron chi connectivity index (χ1n) is 8.56. The van der Waals surface area contributed by atoms with Crippen LogP contribution in [0.3, 0.4) is 0 Å². The summed E-state index contributed by atoms with van der Waals surface area (Å²) in [6, 6.07) is 0.543. The van der Waals surface area contributed by atoms with Gasteiger partial charge in [-0.15, -0.1) is 5.10 Å². The summed E-state index contributed by atoms with van der Waals surface area (Å²) in [5.74, 6) is 3.51. The predicted molar refractivity (Wildman–Crippen MR) is 83.6 cm³/mol. The first kappa shape index (κ1) is 14.7. The highest BCUT2D eigenvalue weighted by Gasteiger charge is 2.29. The molecule has 1 saturated carbocycles. The molecule has 1 atom stereocenters. The highest BCUT2D eigenvalue weighted by molar-refractivity contribution is 4.92. The summed E-state index contributed by atoms with van der Waals surface area (Å²) in [5.41, 5.74) is 0. The monoisotopic (exact) mass is 316 g/mol. The third-order valence-electron chi connectivity index (χ3n) is 4.82. The zero-order valence-corrected chi connectivity index (χ0v) is 13.9. The van der Waals surface area contributed by atoms with E-state index < -0.39 is 0 Å². The van der Waals surface area contributed by atoms with Gasteiger partial charge in [0.1, 0.15) is 11.6 Å². The van der Waals surface area contributed by atoms with E-state index in [1.165, 1.54) is 25.7 Å². The van der Waals surface area contributed by atoms with E-state index >= 15 is 0 Å². The SMILES string of the molecule is Cc1nc(C)n(C[C@@H]2CCCN(Cc3nnnn3C3CC3)C2)n1. The lowest BCUT2D eigenvalue weighted by atomic mass is 9.98. The van der Waals surface area contributed by atoms with E-state index in [0.717, 1.165) is 43.7 Å². The number of aryl methyl sites for hydroxylation is 2. The van der Waals surface area contributed by atoms with Crippen molar-refractivity contribution in [2.24, 2.45) is 5.92 Å². The third kappa shape index (κ3) is 3.26. The Labute approximate surface area is 135 Å². The first-order valence-corrected chi connectivity index (χ1v) is 8.56. The van der Waals surface area contributed by atoms with Crippen LogP contribution in [0.25, 0.3) is 0 Å². The standard InChI is InChI=1S/C15H24N8/c1-11-16-12(2)22(18-11)9-13-4-3-7-21(8-13)10-15-17-19-20-23(15)14-5-6-14/h13-14H,3-10H2,1-2H3/t13-/m1/s1. The van der Waals surface area contributed by atoms with Crippen LogP contribution in [-0.2, 0) is 13.1 Å². The minimum Gasteiger partial charge on any atom is -0.296 e. The Morgan fingerprint density at radius 2 is 2.04 bits per heavy atom. The van der Waals surface area contributed by atoms with Gasteiger partial charge >= 0.3 is 0 Å². The van der Waals surface area contributed by atoms with Crippen LogP contribution >= 0.6 is 0 Å². The van der Waals surface area contributed by atoms with E-state index in [1.54, 1.807) is 0 Å². The molecule has 1 saturated heterocycles. The Kier molecular flexibility index (Phi) is 3.84. The highest BCUT2D eigenvalue weighted by atomic mass is 15.6. The summed E-state index contributed by atoms with van der Waals surface area (Å²) in [6.07, 6.45) is 4.90. The minimum absolute atomic E-state index is 0.543. The van der Waals surface area contributed by atoms with Gasteiger partial charge in [0.25, 0.3) is 0 Å². The minimum atomic E-state index is 0.543. The van der Waals surface area contributed by atoms with Crippen LogP contribution in [-0.4, -0.2) is 53.0 Å². The molecule has 2 aliphatic rings. The summed E-state index contributed by atoms with van der Waals surface area (Å²) in [7, 11) is 0. The molecule has 0 N–H and O–H groups in total. The molecule has 23 heavy (non-hydrogen) atoms. The van der Waals surface area contributed by atoms with Crippen molar-refractivity contribution in [3.05, 3.63) is 17.5 Å². The number of piperidine rings is 1. The van der Waals surface area contributed by atoms with Crippen LogP contribution in [0.4, 0.5) is 0 Å². The molecule has 1 aliphatic heterocycles. The predicted octanol–water partition coefficient (Wildman–Crippen LogP) is 1.13. The van der Waals surface area contributed by atoms with Gasteiger partial charge in [0, 0.05) is 13.1 Å². The van der Waals surface area contributed by atoms with Gasteiger partial charge in [-0.1, -0.05) is 0 Å². The average Bonchev–Trinajstić information content (AvgIpc) is 3.18. The fourth-order valence-electron chi connectivity index (χ4n) is 3.54. The maximum absolute atomic E-state index is 4.50. The zero-order chi connectivity index (χ0) is 15.8. The number of nitrogens with zero attached hydrogens (tertiary/aromatic N) is 8. The van der Waals surface area contributed by atoms with E-state index in [-0.39, 0.29) is 0 Å². The summed E-state index contributed by atoms with van der Waals surface area (Å²) in [5, 5.41) is 16.7. The molecular weight excluding hydrogens is 292 g/mol. The average molecular weight is 316 g/mol. The normalized spacial score (nSPS) is 22.6. The van der Waals surface area contributed by atoms with Crippen molar-refractivity contribution in [2.75, 3.05) is 13.1 Å². The van der Waals surface area contributed by atoms with Gasteiger partial charge in [0.15, 0.2) is 5.82 Å². The largest absolute Gasteiger partial charge is 0.296 e. The molecular formula is C15H24N8. The van der Waals surface area contributed by atoms with Crippen molar-refractivity contribution in [2.45, 2.75) is 58.7 Å². The molecule has 3 heterocycles. The lowest BCUT2D eigenvalue weighted by Gasteiger charge is -2.32. The molecule has 1 aliphatic carbocycles. The molecule has 0 amide bonds. The van der Waals surface area contributed by atoms with Gasteiger partial charge in [0.05, 0.1) is 12.6 Å². The molecule has 124 valence electrons. The Hall–Kier alpha value is -1.83. The van der Waals surface area contributed by atoms with Crippen LogP contribution in [0.2, 0.25) is 0 Å². The topological polar surface area (TPSA) is 77.5 Å². The number of rotatable bonds is 5. The lowest BCUT2D eigenvalue weighted by Crippen LogP contribution is -2.37. The van der Waals surface area contributed by atoms with Crippen molar-refractivity contribution in [3.63, 3.8) is 0 Å². The third-order valence-corrected chi connectivity index (χ3v) is 4.82. The summed E-state index contributed by atoms with van der Waals surface area (Å²) in [6.45, 7) is 8.00. The summed E-state index contributed by atoms with van der Waals surface area (Å²) in [4.78, 5) is 6.89. The second kappa shape index (κ2) is 5.99. The van der Waals surface area contributed by atoms with E-state index in [1.807, 2.05) is 18.5 Å². The number of hydrogen-bond donors (Lipinski definition) is 0. The van der Waals surface area contributed by atoms with E-state index in [9.17, 15) is 0 Å². The highest BCUT2D eigenvalue weighted by Crippen LogP contribution is 2.34. The molecule has 0 spiro atoms. The summed E-state index contributed by atoms with van der Waals surface area (Å²) >= 11 is 0. The molecule has 4 rings (SSSR count). The van der Waals surface area contributed by atoms with Crippen molar-refractivity contribution in [1.29, 1.82) is 0 Å². The Balaban J connectivity index is 1.38. The van der Waals surface area contributed by atoms with Crippen LogP contribution in [0.1, 0.15) is 49.2 Å². The van der Waals surface area contributed by atoms with Gasteiger partial charge in [-0.25, -0.2) is 14.3 Å². The van der Waals surface area contributed by atoms with Gasteiger partial charge in [0.2, 0.25) is 0 Å². The molecule has 2 aromatic heterocycles. The van der Waals surface area contributed by atoms with E-state index in [2.05, 4.69) is 35.2 Å². The Morgan fingerprint density at radius 3 is 2.78 bits per heavy atom. The maximum Gasteiger partial charge on any atom is 0.165 e. The molecule has 0 radical (unpaired) electrons. The second-order valence-corrected chi connectivity index (χ2v) is 6.90. The van der Waals surface area contributed by atoms with E-state index in [4.69, 9.17) is 0 Å². The number of hydrogen-bond acceptors (Lipinski definition) is 6. The quantitative estimate of drug-likeness (QED) is 0.823. The van der Waals surface area contributed by atoms with Crippen molar-refractivity contribution in [3.8, 4) is 0 Å². The Morgan fingerprint density at radius 1 is 1.17 bits per heavy atom.